The van der Waals surface area contributed by atoms with E-state index < -0.39 is 23.2 Å². The molecule has 1 fully saturated rings. The Bertz CT molecular complexity index is 523. The number of carbonyl (C=O) groups is 2. The predicted molar refractivity (Wildman–Crippen MR) is 67.7 cm³/mol. The molecule has 0 aliphatic heterocycles. The van der Waals surface area contributed by atoms with E-state index in [0.29, 0.717) is 0 Å². The first-order chi connectivity index (χ1) is 9.51. The van der Waals surface area contributed by atoms with Gasteiger partial charge in [0.25, 0.3) is 5.91 Å². The summed E-state index contributed by atoms with van der Waals surface area (Å²) in [5.74, 6) is 1.90. The summed E-state index contributed by atoms with van der Waals surface area (Å²) in [6, 6.07) is 1.86. The quantitative estimate of drug-likeness (QED) is 0.460. The van der Waals surface area contributed by atoms with E-state index >= 15 is 0 Å². The maximum atomic E-state index is 13.4. The van der Waals surface area contributed by atoms with Crippen molar-refractivity contribution in [3.05, 3.63) is 29.3 Å². The molecule has 2 amide bonds. The molecule has 1 aliphatic carbocycles. The Morgan fingerprint density at radius 3 is 2.35 bits per heavy atom. The molecule has 108 valence electrons. The van der Waals surface area contributed by atoms with Gasteiger partial charge in [-0.3, -0.25) is 15.4 Å². The van der Waals surface area contributed by atoms with E-state index in [9.17, 15) is 18.4 Å². The summed E-state index contributed by atoms with van der Waals surface area (Å²) in [5, 5.41) is 4.96. The highest BCUT2D eigenvalue weighted by Crippen LogP contribution is 2.20. The van der Waals surface area contributed by atoms with Crippen molar-refractivity contribution in [1.82, 2.24) is 10.6 Å². The summed E-state index contributed by atoms with van der Waals surface area (Å²) >= 11 is 0. The van der Waals surface area contributed by atoms with Crippen LogP contribution in [0.25, 0.3) is 0 Å². The lowest BCUT2D eigenvalue weighted by Crippen LogP contribution is -2.37. The molecule has 0 atom stereocenters. The van der Waals surface area contributed by atoms with Crippen molar-refractivity contribution in [2.75, 3.05) is 12.0 Å². The van der Waals surface area contributed by atoms with E-state index in [2.05, 4.69) is 10.6 Å². The fourth-order valence-electron chi connectivity index (χ4n) is 1.61. The Labute approximate surface area is 113 Å². The topological polar surface area (TPSA) is 96.2 Å². The Kier molecular flexibility index (Phi) is 4.14. The smallest absolute Gasteiger partial charge is 0.251 e. The van der Waals surface area contributed by atoms with E-state index in [-0.39, 0.29) is 24.1 Å². The number of anilines is 1. The van der Waals surface area contributed by atoms with E-state index in [0.717, 1.165) is 25.0 Å². The average Bonchev–Trinajstić information content (AvgIpc) is 3.19. The van der Waals surface area contributed by atoms with Crippen LogP contribution in [0.2, 0.25) is 0 Å². The zero-order chi connectivity index (χ0) is 14.7. The van der Waals surface area contributed by atoms with Crippen molar-refractivity contribution in [1.29, 1.82) is 0 Å². The summed E-state index contributed by atoms with van der Waals surface area (Å²) in [7, 11) is 0. The van der Waals surface area contributed by atoms with Crippen LogP contribution in [0.5, 0.6) is 0 Å². The molecule has 0 saturated heterocycles. The van der Waals surface area contributed by atoms with Crippen molar-refractivity contribution in [2.24, 2.45) is 5.84 Å². The van der Waals surface area contributed by atoms with Crippen LogP contribution in [-0.2, 0) is 4.79 Å². The van der Waals surface area contributed by atoms with Gasteiger partial charge in [-0.1, -0.05) is 0 Å². The van der Waals surface area contributed by atoms with Crippen molar-refractivity contribution < 1.29 is 18.4 Å². The molecule has 0 spiro atoms. The fraction of sp³-hybridized carbons (Fsp3) is 0.333. The second kappa shape index (κ2) is 5.83. The highest BCUT2D eigenvalue weighted by Gasteiger charge is 2.23. The Morgan fingerprint density at radius 2 is 1.85 bits per heavy atom. The highest BCUT2D eigenvalue weighted by atomic mass is 19.1. The first-order valence-corrected chi connectivity index (χ1v) is 6.04. The maximum absolute atomic E-state index is 13.4. The monoisotopic (exact) mass is 284 g/mol. The van der Waals surface area contributed by atoms with E-state index in [1.807, 2.05) is 5.43 Å². The minimum Gasteiger partial charge on any atom is -0.352 e. The molecule has 20 heavy (non-hydrogen) atoms. The highest BCUT2D eigenvalue weighted by molar-refractivity contribution is 5.96. The van der Waals surface area contributed by atoms with E-state index in [1.54, 1.807) is 0 Å². The molecule has 8 heteroatoms. The Hall–Kier alpha value is -2.22. The number of nitrogen functional groups attached to an aromatic ring is 1. The molecule has 0 radical (unpaired) electrons. The standard InChI is InChI=1S/C12H14F2N4O2/c13-8-3-6(4-9(14)11(8)18-15)12(20)16-5-10(19)17-7-1-2-7/h3-4,7,18H,1-2,5,15H2,(H,16,20)(H,17,19). The summed E-state index contributed by atoms with van der Waals surface area (Å²) in [5.41, 5.74) is 1.12. The molecule has 0 bridgehead atoms. The summed E-state index contributed by atoms with van der Waals surface area (Å²) in [4.78, 5) is 23.0. The maximum Gasteiger partial charge on any atom is 0.251 e. The number of benzene rings is 1. The van der Waals surface area contributed by atoms with Gasteiger partial charge in [0.05, 0.1) is 6.54 Å². The van der Waals surface area contributed by atoms with Gasteiger partial charge in [0, 0.05) is 11.6 Å². The normalized spacial score (nSPS) is 13.8. The molecule has 6 nitrogen and oxygen atoms in total. The van der Waals surface area contributed by atoms with Gasteiger partial charge in [-0.05, 0) is 25.0 Å². The van der Waals surface area contributed by atoms with Gasteiger partial charge in [-0.25, -0.2) is 8.78 Å². The van der Waals surface area contributed by atoms with E-state index in [4.69, 9.17) is 5.84 Å². The van der Waals surface area contributed by atoms with Crippen LogP contribution in [0.15, 0.2) is 12.1 Å². The molecule has 1 saturated carbocycles. The molecule has 1 aliphatic rings. The number of hydrogen-bond acceptors (Lipinski definition) is 4. The molecule has 5 N–H and O–H groups in total. The summed E-state index contributed by atoms with van der Waals surface area (Å²) in [6.45, 7) is -0.241. The number of carbonyl (C=O) groups excluding carboxylic acids is 2. The van der Waals surface area contributed by atoms with Gasteiger partial charge in [0.1, 0.15) is 5.69 Å². The third-order valence-electron chi connectivity index (χ3n) is 2.80. The molecular formula is C12H14F2N4O2. The third kappa shape index (κ3) is 3.41. The Balaban J connectivity index is 1.96. The average molecular weight is 284 g/mol. The minimum atomic E-state index is -0.986. The van der Waals surface area contributed by atoms with Gasteiger partial charge in [0.2, 0.25) is 5.91 Å². The van der Waals surface area contributed by atoms with Gasteiger partial charge in [0.15, 0.2) is 11.6 Å². The summed E-state index contributed by atoms with van der Waals surface area (Å²) in [6.07, 6.45) is 1.87. The minimum absolute atomic E-state index is 0.184. The van der Waals surface area contributed by atoms with Crippen LogP contribution < -0.4 is 21.9 Å². The van der Waals surface area contributed by atoms with Crippen LogP contribution in [0, 0.1) is 11.6 Å². The first kappa shape index (κ1) is 14.2. The number of amides is 2. The molecule has 2 rings (SSSR count). The number of hydrogen-bond donors (Lipinski definition) is 4. The largest absolute Gasteiger partial charge is 0.352 e. The number of halogens is 2. The van der Waals surface area contributed by atoms with Crippen LogP contribution in [0.3, 0.4) is 0 Å². The molecular weight excluding hydrogens is 270 g/mol. The lowest BCUT2D eigenvalue weighted by molar-refractivity contribution is -0.120. The predicted octanol–water partition coefficient (Wildman–Crippen LogP) is 0.259. The van der Waals surface area contributed by atoms with Gasteiger partial charge in [-0.15, -0.1) is 0 Å². The number of nitrogens with two attached hydrogens (primary N) is 1. The molecule has 0 aromatic heterocycles. The first-order valence-electron chi connectivity index (χ1n) is 6.04. The van der Waals surface area contributed by atoms with Crippen LogP contribution in [-0.4, -0.2) is 24.4 Å². The van der Waals surface area contributed by atoms with Crippen LogP contribution >= 0.6 is 0 Å². The second-order valence-corrected chi connectivity index (χ2v) is 4.48. The molecule has 1 aromatic carbocycles. The molecule has 1 aromatic rings. The van der Waals surface area contributed by atoms with E-state index in [1.165, 1.54) is 0 Å². The zero-order valence-electron chi connectivity index (χ0n) is 10.5. The molecule has 0 unspecified atom stereocenters. The number of nitrogens with one attached hydrogen (secondary N) is 3. The summed E-state index contributed by atoms with van der Waals surface area (Å²) < 4.78 is 26.8. The van der Waals surface area contributed by atoms with Crippen molar-refractivity contribution in [2.45, 2.75) is 18.9 Å². The number of rotatable bonds is 5. The third-order valence-corrected chi connectivity index (χ3v) is 2.80. The van der Waals surface area contributed by atoms with Crippen LogP contribution in [0.1, 0.15) is 23.2 Å². The van der Waals surface area contributed by atoms with Gasteiger partial charge >= 0.3 is 0 Å². The second-order valence-electron chi connectivity index (χ2n) is 4.48. The van der Waals surface area contributed by atoms with Gasteiger partial charge < -0.3 is 16.1 Å². The fourth-order valence-corrected chi connectivity index (χ4v) is 1.61. The molecule has 0 heterocycles. The van der Waals surface area contributed by atoms with Crippen molar-refractivity contribution in [3.8, 4) is 0 Å². The lowest BCUT2D eigenvalue weighted by atomic mass is 10.1. The van der Waals surface area contributed by atoms with Crippen LogP contribution in [0.4, 0.5) is 14.5 Å². The SMILES string of the molecule is NNc1c(F)cc(C(=O)NCC(=O)NC2CC2)cc1F. The lowest BCUT2D eigenvalue weighted by Gasteiger charge is -2.08. The zero-order valence-corrected chi connectivity index (χ0v) is 10.5. The Morgan fingerprint density at radius 1 is 1.25 bits per heavy atom. The van der Waals surface area contributed by atoms with Crippen molar-refractivity contribution in [3.63, 3.8) is 0 Å². The number of hydrazine groups is 1. The van der Waals surface area contributed by atoms with Gasteiger partial charge in [-0.2, -0.15) is 0 Å². The van der Waals surface area contributed by atoms with Crippen molar-refractivity contribution >= 4 is 17.5 Å².